The smallest absolute Gasteiger partial charge is 0.343 e. The largest absolute Gasteiger partial charge is 0.457 e. The SMILES string of the molecule is CCC(=O)OC(C)c1cc2ccc(NC(=O)CNC(=O)C(NC(=O)CCCCCN3C(=O)CC(C(C)C)C3=O)C(C)C)cc2oc1=O. The van der Waals surface area contributed by atoms with Gasteiger partial charge in [0.05, 0.1) is 12.1 Å². The number of amides is 5. The van der Waals surface area contributed by atoms with E-state index in [1.165, 1.54) is 11.0 Å². The number of hydrogen-bond donors (Lipinski definition) is 3. The second-order valence-corrected chi connectivity index (χ2v) is 12.5. The van der Waals surface area contributed by atoms with Crippen LogP contribution < -0.4 is 21.6 Å². The van der Waals surface area contributed by atoms with Crippen molar-refractivity contribution in [1.29, 1.82) is 0 Å². The molecule has 13 nitrogen and oxygen atoms in total. The molecule has 2 aromatic rings. The highest BCUT2D eigenvalue weighted by molar-refractivity contribution is 6.03. The Morgan fingerprint density at radius 2 is 1.70 bits per heavy atom. The summed E-state index contributed by atoms with van der Waals surface area (Å²) in [5.74, 6) is -2.44. The van der Waals surface area contributed by atoms with Gasteiger partial charge in [0.2, 0.25) is 29.5 Å². The third-order valence-electron chi connectivity index (χ3n) is 8.14. The average Bonchev–Trinajstić information content (AvgIpc) is 3.30. The molecule has 3 unspecified atom stereocenters. The fraction of sp³-hybridized carbons (Fsp3) is 0.559. The maximum absolute atomic E-state index is 12.9. The van der Waals surface area contributed by atoms with E-state index in [4.69, 9.17) is 9.15 Å². The van der Waals surface area contributed by atoms with E-state index in [9.17, 15) is 33.6 Å². The molecule has 0 aliphatic carbocycles. The minimum atomic E-state index is -0.855. The van der Waals surface area contributed by atoms with Gasteiger partial charge in [-0.3, -0.25) is 33.7 Å². The Kier molecular flexibility index (Phi) is 13.2. The van der Waals surface area contributed by atoms with Crippen LogP contribution >= 0.6 is 0 Å². The summed E-state index contributed by atoms with van der Waals surface area (Å²) in [5.41, 5.74) is 0.0829. The first-order valence-electron chi connectivity index (χ1n) is 16.2. The number of hydrogen-bond acceptors (Lipinski definition) is 9. The van der Waals surface area contributed by atoms with E-state index in [1.54, 1.807) is 45.9 Å². The topological polar surface area (TPSA) is 181 Å². The Hall–Kier alpha value is -4.55. The number of carbonyl (C=O) groups is 6. The van der Waals surface area contributed by atoms with Gasteiger partial charge in [0.1, 0.15) is 17.7 Å². The number of unbranched alkanes of at least 4 members (excludes halogenated alkanes) is 2. The molecule has 0 spiro atoms. The van der Waals surface area contributed by atoms with E-state index >= 15 is 0 Å². The predicted octanol–water partition coefficient (Wildman–Crippen LogP) is 3.59. The number of carbonyl (C=O) groups excluding carboxylic acids is 6. The van der Waals surface area contributed by atoms with E-state index in [0.29, 0.717) is 36.9 Å². The fourth-order valence-corrected chi connectivity index (χ4v) is 5.29. The van der Waals surface area contributed by atoms with Crippen LogP contribution in [-0.2, 0) is 33.5 Å². The summed E-state index contributed by atoms with van der Waals surface area (Å²) in [5, 5.41) is 8.50. The molecular formula is C34H46N4O9. The molecule has 3 N–H and O–H groups in total. The zero-order chi connectivity index (χ0) is 34.8. The molecule has 5 amide bonds. The van der Waals surface area contributed by atoms with Gasteiger partial charge in [-0.1, -0.05) is 41.0 Å². The molecule has 1 aromatic heterocycles. The van der Waals surface area contributed by atoms with Gasteiger partial charge in [-0.2, -0.15) is 0 Å². The van der Waals surface area contributed by atoms with Gasteiger partial charge in [0.15, 0.2) is 0 Å². The molecule has 0 saturated carbocycles. The Balaban J connectivity index is 1.45. The minimum absolute atomic E-state index is 0.112. The summed E-state index contributed by atoms with van der Waals surface area (Å²) in [6, 6.07) is 5.44. The summed E-state index contributed by atoms with van der Waals surface area (Å²) in [4.78, 5) is 88.1. The van der Waals surface area contributed by atoms with Crippen molar-refractivity contribution in [1.82, 2.24) is 15.5 Å². The molecule has 13 heteroatoms. The number of likely N-dealkylation sites (tertiary alicyclic amines) is 1. The van der Waals surface area contributed by atoms with Crippen LogP contribution in [0.1, 0.15) is 91.7 Å². The summed E-state index contributed by atoms with van der Waals surface area (Å²) >= 11 is 0. The molecular weight excluding hydrogens is 608 g/mol. The molecule has 1 aliphatic rings. The third kappa shape index (κ3) is 10.2. The number of imide groups is 1. The van der Waals surface area contributed by atoms with Crippen LogP contribution in [0.5, 0.6) is 0 Å². The molecule has 1 aliphatic heterocycles. The standard InChI is InChI=1S/C34H46N4O9/c1-7-30(42)46-21(6)25-15-22-12-13-23(16-26(22)47-34(25)45)36-28(40)18-35-32(43)31(20(4)5)37-27(39)11-9-8-10-14-38-29(41)17-24(19(2)3)33(38)44/h12-13,15-16,19-21,24,31H,7-11,14,17-18H2,1-6H3,(H,35,43)(H,36,40)(H,37,39). The van der Waals surface area contributed by atoms with Crippen molar-refractivity contribution < 1.29 is 37.9 Å². The van der Waals surface area contributed by atoms with Gasteiger partial charge in [0, 0.05) is 48.9 Å². The Morgan fingerprint density at radius 3 is 2.34 bits per heavy atom. The van der Waals surface area contributed by atoms with Gasteiger partial charge in [-0.15, -0.1) is 0 Å². The molecule has 0 radical (unpaired) electrons. The van der Waals surface area contributed by atoms with E-state index in [-0.39, 0.29) is 72.4 Å². The van der Waals surface area contributed by atoms with E-state index in [1.807, 2.05) is 13.8 Å². The molecule has 3 rings (SSSR count). The van der Waals surface area contributed by atoms with Crippen molar-refractivity contribution >= 4 is 52.2 Å². The van der Waals surface area contributed by atoms with E-state index < -0.39 is 35.6 Å². The fourth-order valence-electron chi connectivity index (χ4n) is 5.29. The highest BCUT2D eigenvalue weighted by atomic mass is 16.5. The first-order chi connectivity index (χ1) is 22.2. The first kappa shape index (κ1) is 36.9. The van der Waals surface area contributed by atoms with E-state index in [2.05, 4.69) is 16.0 Å². The first-order valence-corrected chi connectivity index (χ1v) is 16.2. The second-order valence-electron chi connectivity index (χ2n) is 12.5. The van der Waals surface area contributed by atoms with Gasteiger partial charge in [-0.05, 0) is 49.8 Å². The quantitative estimate of drug-likeness (QED) is 0.105. The molecule has 0 bridgehead atoms. The zero-order valence-electron chi connectivity index (χ0n) is 28.0. The monoisotopic (exact) mass is 654 g/mol. The third-order valence-corrected chi connectivity index (χ3v) is 8.14. The number of ether oxygens (including phenoxy) is 1. The molecule has 3 atom stereocenters. The lowest BCUT2D eigenvalue weighted by molar-refractivity contribution is -0.148. The van der Waals surface area contributed by atoms with Crippen LogP contribution in [0.2, 0.25) is 0 Å². The second kappa shape index (κ2) is 16.8. The maximum Gasteiger partial charge on any atom is 0.343 e. The minimum Gasteiger partial charge on any atom is -0.457 e. The Morgan fingerprint density at radius 1 is 0.979 bits per heavy atom. The summed E-state index contributed by atoms with van der Waals surface area (Å²) in [7, 11) is 0. The van der Waals surface area contributed by atoms with Crippen LogP contribution in [-0.4, -0.2) is 59.5 Å². The molecule has 1 saturated heterocycles. The summed E-state index contributed by atoms with van der Waals surface area (Å²) in [6.07, 6.45) is 1.59. The lowest BCUT2D eigenvalue weighted by Gasteiger charge is -2.21. The lowest BCUT2D eigenvalue weighted by Crippen LogP contribution is -2.51. The van der Waals surface area contributed by atoms with Gasteiger partial charge in [-0.25, -0.2) is 4.79 Å². The van der Waals surface area contributed by atoms with Crippen LogP contribution in [0.3, 0.4) is 0 Å². The lowest BCUT2D eigenvalue weighted by atomic mass is 9.94. The number of fused-ring (bicyclic) bond motifs is 1. The average molecular weight is 655 g/mol. The normalized spacial score (nSPS) is 16.0. The van der Waals surface area contributed by atoms with Crippen molar-refractivity contribution in [3.63, 3.8) is 0 Å². The highest BCUT2D eigenvalue weighted by Gasteiger charge is 2.39. The molecule has 1 fully saturated rings. The molecule has 47 heavy (non-hydrogen) atoms. The van der Waals surface area contributed by atoms with Crippen LogP contribution in [0.15, 0.2) is 33.5 Å². The maximum atomic E-state index is 12.9. The summed E-state index contributed by atoms with van der Waals surface area (Å²) in [6.45, 7) is 10.6. The van der Waals surface area contributed by atoms with Crippen LogP contribution in [0.4, 0.5) is 5.69 Å². The number of esters is 1. The van der Waals surface area contributed by atoms with Crippen LogP contribution in [0.25, 0.3) is 11.0 Å². The number of benzene rings is 1. The van der Waals surface area contributed by atoms with Crippen molar-refractivity contribution in [2.75, 3.05) is 18.4 Å². The van der Waals surface area contributed by atoms with Crippen molar-refractivity contribution in [3.8, 4) is 0 Å². The molecule has 1 aromatic carbocycles. The number of nitrogens with one attached hydrogen (secondary N) is 3. The van der Waals surface area contributed by atoms with Crippen LogP contribution in [0, 0.1) is 17.8 Å². The number of rotatable bonds is 16. The van der Waals surface area contributed by atoms with Gasteiger partial charge in [0.25, 0.3) is 0 Å². The van der Waals surface area contributed by atoms with Crippen molar-refractivity contribution in [3.05, 3.63) is 40.2 Å². The van der Waals surface area contributed by atoms with E-state index in [0.717, 1.165) is 0 Å². The van der Waals surface area contributed by atoms with Crippen molar-refractivity contribution in [2.45, 2.75) is 92.2 Å². The Labute approximate surface area is 274 Å². The van der Waals surface area contributed by atoms with Crippen molar-refractivity contribution in [2.24, 2.45) is 17.8 Å². The molecule has 256 valence electrons. The predicted molar refractivity (Wildman–Crippen MR) is 174 cm³/mol. The Bertz CT molecular complexity index is 1550. The molecule has 2 heterocycles. The van der Waals surface area contributed by atoms with Gasteiger partial charge >= 0.3 is 11.6 Å². The number of nitrogens with zero attached hydrogens (tertiary/aromatic N) is 1. The number of anilines is 1. The van der Waals surface area contributed by atoms with Gasteiger partial charge < -0.3 is 25.1 Å². The zero-order valence-corrected chi connectivity index (χ0v) is 28.0. The summed E-state index contributed by atoms with van der Waals surface area (Å²) < 4.78 is 10.6. The highest BCUT2D eigenvalue weighted by Crippen LogP contribution is 2.27.